The molecule has 1 aliphatic heterocycles. The van der Waals surface area contributed by atoms with Crippen LogP contribution in [0.15, 0.2) is 16.6 Å². The molecule has 98 valence electrons. The molecule has 2 N–H and O–H groups in total. The zero-order valence-electron chi connectivity index (χ0n) is 8.93. The number of hydrogen-bond acceptors (Lipinski definition) is 3. The van der Waals surface area contributed by atoms with Crippen LogP contribution in [-0.4, -0.2) is 24.3 Å². The van der Waals surface area contributed by atoms with Crippen molar-refractivity contribution in [3.05, 3.63) is 22.2 Å². The second-order valence-corrected chi connectivity index (χ2v) is 4.55. The second kappa shape index (κ2) is 3.86. The Bertz CT molecular complexity index is 532. The maximum atomic E-state index is 12.8. The van der Waals surface area contributed by atoms with Gasteiger partial charge in [0.15, 0.2) is 0 Å². The number of ether oxygens (including phenoxy) is 1. The SMILES string of the molecule is COc1cc2c(cc1Br)[C@](O)(C(F)(F)F)C(=O)N2. The normalized spacial score (nSPS) is 22.7. The van der Waals surface area contributed by atoms with Gasteiger partial charge in [0.2, 0.25) is 0 Å². The number of fused-ring (bicyclic) bond motifs is 1. The number of carbonyl (C=O) groups is 1. The number of anilines is 1. The van der Waals surface area contributed by atoms with Crippen molar-refractivity contribution in [3.8, 4) is 5.75 Å². The van der Waals surface area contributed by atoms with E-state index in [9.17, 15) is 23.1 Å². The van der Waals surface area contributed by atoms with Crippen molar-refractivity contribution in [1.82, 2.24) is 0 Å². The molecule has 0 spiro atoms. The lowest BCUT2D eigenvalue weighted by Gasteiger charge is -2.23. The molecule has 0 fully saturated rings. The molecule has 1 aliphatic rings. The van der Waals surface area contributed by atoms with Gasteiger partial charge < -0.3 is 15.2 Å². The van der Waals surface area contributed by atoms with Crippen molar-refractivity contribution in [3.63, 3.8) is 0 Å². The standard InChI is InChI=1S/C10H7BrF3NO3/c1-18-7-3-6-4(2-5(7)11)9(17,8(16)15-6)10(12,13)14/h2-3,17H,1H3,(H,15,16)/t9-/m1/s1. The number of alkyl halides is 3. The summed E-state index contributed by atoms with van der Waals surface area (Å²) in [5.74, 6) is -1.27. The van der Waals surface area contributed by atoms with Gasteiger partial charge in [0, 0.05) is 11.6 Å². The van der Waals surface area contributed by atoms with Crippen LogP contribution in [0.4, 0.5) is 18.9 Å². The van der Waals surface area contributed by atoms with Gasteiger partial charge in [0.25, 0.3) is 11.5 Å². The Morgan fingerprint density at radius 2 is 2.06 bits per heavy atom. The van der Waals surface area contributed by atoms with Gasteiger partial charge >= 0.3 is 6.18 Å². The monoisotopic (exact) mass is 325 g/mol. The fraction of sp³-hybridized carbons (Fsp3) is 0.300. The molecule has 1 aromatic carbocycles. The molecule has 0 aromatic heterocycles. The van der Waals surface area contributed by atoms with E-state index in [1.54, 1.807) is 0 Å². The zero-order valence-corrected chi connectivity index (χ0v) is 10.5. The van der Waals surface area contributed by atoms with E-state index in [1.807, 2.05) is 5.32 Å². The van der Waals surface area contributed by atoms with Gasteiger partial charge in [0.1, 0.15) is 5.75 Å². The van der Waals surface area contributed by atoms with Crippen LogP contribution >= 0.6 is 15.9 Å². The molecule has 0 saturated heterocycles. The van der Waals surface area contributed by atoms with Crippen LogP contribution in [-0.2, 0) is 10.4 Å². The van der Waals surface area contributed by atoms with Gasteiger partial charge in [-0.1, -0.05) is 0 Å². The van der Waals surface area contributed by atoms with E-state index in [0.717, 1.165) is 6.07 Å². The second-order valence-electron chi connectivity index (χ2n) is 3.69. The number of nitrogens with one attached hydrogen (secondary N) is 1. The Kier molecular flexibility index (Phi) is 2.82. The fourth-order valence-corrected chi connectivity index (χ4v) is 2.23. The van der Waals surface area contributed by atoms with E-state index in [1.165, 1.54) is 13.2 Å². The van der Waals surface area contributed by atoms with Crippen LogP contribution in [0.2, 0.25) is 0 Å². The van der Waals surface area contributed by atoms with Crippen molar-refractivity contribution >= 4 is 27.5 Å². The number of benzene rings is 1. The number of aliphatic hydroxyl groups is 1. The lowest BCUT2D eigenvalue weighted by molar-refractivity contribution is -0.252. The molecular weight excluding hydrogens is 319 g/mol. The van der Waals surface area contributed by atoms with Crippen molar-refractivity contribution in [2.45, 2.75) is 11.8 Å². The number of amides is 1. The Balaban J connectivity index is 2.67. The lowest BCUT2D eigenvalue weighted by Crippen LogP contribution is -2.47. The van der Waals surface area contributed by atoms with Gasteiger partial charge in [-0.15, -0.1) is 0 Å². The predicted molar refractivity (Wildman–Crippen MR) is 59.3 cm³/mol. The predicted octanol–water partition coefficient (Wildman–Crippen LogP) is 2.16. The Morgan fingerprint density at radius 1 is 1.44 bits per heavy atom. The number of rotatable bonds is 1. The summed E-state index contributed by atoms with van der Waals surface area (Å²) >= 11 is 3.01. The molecule has 1 atom stereocenters. The molecule has 0 unspecified atom stereocenters. The minimum atomic E-state index is -5.10. The minimum absolute atomic E-state index is 0.125. The lowest BCUT2D eigenvalue weighted by atomic mass is 9.95. The highest BCUT2D eigenvalue weighted by molar-refractivity contribution is 9.10. The smallest absolute Gasteiger partial charge is 0.430 e. The van der Waals surface area contributed by atoms with E-state index in [4.69, 9.17) is 4.74 Å². The van der Waals surface area contributed by atoms with Crippen LogP contribution in [0.25, 0.3) is 0 Å². The van der Waals surface area contributed by atoms with Crippen molar-refractivity contribution < 1.29 is 27.8 Å². The third-order valence-electron chi connectivity index (χ3n) is 2.67. The molecule has 18 heavy (non-hydrogen) atoms. The van der Waals surface area contributed by atoms with E-state index in [2.05, 4.69) is 15.9 Å². The first-order chi connectivity index (χ1) is 8.21. The first-order valence-electron chi connectivity index (χ1n) is 4.70. The number of hydrogen-bond donors (Lipinski definition) is 2. The Hall–Kier alpha value is -1.28. The van der Waals surface area contributed by atoms with E-state index in [-0.39, 0.29) is 15.9 Å². The zero-order chi connectivity index (χ0) is 13.7. The van der Waals surface area contributed by atoms with Gasteiger partial charge in [-0.3, -0.25) is 4.79 Å². The molecular formula is C10H7BrF3NO3. The van der Waals surface area contributed by atoms with Crippen molar-refractivity contribution in [1.29, 1.82) is 0 Å². The van der Waals surface area contributed by atoms with Crippen LogP contribution in [0.3, 0.4) is 0 Å². The summed E-state index contributed by atoms with van der Waals surface area (Å²) in [4.78, 5) is 11.4. The Labute approximate surface area is 108 Å². The number of carbonyl (C=O) groups excluding carboxylic acids is 1. The van der Waals surface area contributed by atoms with Crippen LogP contribution in [0, 0.1) is 0 Å². The molecule has 1 amide bonds. The van der Waals surface area contributed by atoms with Crippen molar-refractivity contribution in [2.75, 3.05) is 12.4 Å². The van der Waals surface area contributed by atoms with E-state index >= 15 is 0 Å². The summed E-state index contributed by atoms with van der Waals surface area (Å²) in [6, 6.07) is 2.22. The summed E-state index contributed by atoms with van der Waals surface area (Å²) in [6.07, 6.45) is -5.10. The highest BCUT2D eigenvalue weighted by Gasteiger charge is 2.64. The molecule has 0 saturated carbocycles. The first-order valence-corrected chi connectivity index (χ1v) is 5.49. The highest BCUT2D eigenvalue weighted by Crippen LogP contribution is 2.49. The molecule has 0 aliphatic carbocycles. The molecule has 8 heteroatoms. The maximum Gasteiger partial charge on any atom is 0.430 e. The van der Waals surface area contributed by atoms with Gasteiger partial charge in [-0.05, 0) is 22.0 Å². The highest BCUT2D eigenvalue weighted by atomic mass is 79.9. The summed E-state index contributed by atoms with van der Waals surface area (Å²) in [6.45, 7) is 0. The van der Waals surface area contributed by atoms with E-state index < -0.39 is 23.2 Å². The van der Waals surface area contributed by atoms with Crippen LogP contribution in [0.1, 0.15) is 5.56 Å². The molecule has 4 nitrogen and oxygen atoms in total. The van der Waals surface area contributed by atoms with Crippen molar-refractivity contribution in [2.24, 2.45) is 0 Å². The minimum Gasteiger partial charge on any atom is -0.495 e. The number of methoxy groups -OCH3 is 1. The average molecular weight is 326 g/mol. The van der Waals surface area contributed by atoms with E-state index in [0.29, 0.717) is 0 Å². The molecule has 0 bridgehead atoms. The third-order valence-corrected chi connectivity index (χ3v) is 3.29. The fourth-order valence-electron chi connectivity index (χ4n) is 1.73. The van der Waals surface area contributed by atoms with Crippen LogP contribution in [0.5, 0.6) is 5.75 Å². The van der Waals surface area contributed by atoms with Crippen LogP contribution < -0.4 is 10.1 Å². The first kappa shape index (κ1) is 13.2. The molecule has 0 radical (unpaired) electrons. The average Bonchev–Trinajstić information content (AvgIpc) is 2.51. The summed E-state index contributed by atoms with van der Waals surface area (Å²) in [5, 5.41) is 11.6. The summed E-state index contributed by atoms with van der Waals surface area (Å²) in [5.41, 5.74) is -4.20. The van der Waals surface area contributed by atoms with Gasteiger partial charge in [-0.2, -0.15) is 13.2 Å². The molecule has 1 heterocycles. The maximum absolute atomic E-state index is 12.8. The topological polar surface area (TPSA) is 58.6 Å². The quantitative estimate of drug-likeness (QED) is 0.832. The number of halogens is 4. The summed E-state index contributed by atoms with van der Waals surface area (Å²) in [7, 11) is 1.33. The summed E-state index contributed by atoms with van der Waals surface area (Å²) < 4.78 is 43.6. The molecule has 2 rings (SSSR count). The third kappa shape index (κ3) is 1.59. The largest absolute Gasteiger partial charge is 0.495 e. The molecule has 1 aromatic rings. The van der Waals surface area contributed by atoms with Gasteiger partial charge in [-0.25, -0.2) is 0 Å². The van der Waals surface area contributed by atoms with Gasteiger partial charge in [0.05, 0.1) is 17.3 Å². The Morgan fingerprint density at radius 3 is 2.56 bits per heavy atom.